The summed E-state index contributed by atoms with van der Waals surface area (Å²) in [6, 6.07) is 0. The van der Waals surface area contributed by atoms with E-state index in [0.717, 1.165) is 6.54 Å². The Labute approximate surface area is 133 Å². The van der Waals surface area contributed by atoms with Gasteiger partial charge in [0.2, 0.25) is 0 Å². The van der Waals surface area contributed by atoms with Crippen molar-refractivity contribution in [1.82, 2.24) is 5.32 Å². The van der Waals surface area contributed by atoms with Crippen molar-refractivity contribution in [2.24, 2.45) is 5.92 Å². The minimum atomic E-state index is -0.490. The van der Waals surface area contributed by atoms with Crippen molar-refractivity contribution < 1.29 is 23.7 Å². The zero-order valence-electron chi connectivity index (χ0n) is 14.5. The van der Waals surface area contributed by atoms with Gasteiger partial charge in [0.25, 0.3) is 0 Å². The predicted octanol–water partition coefficient (Wildman–Crippen LogP) is 1.53. The van der Waals surface area contributed by atoms with Crippen LogP contribution in [0.4, 0.5) is 0 Å². The Balaban J connectivity index is 1.56. The van der Waals surface area contributed by atoms with E-state index in [1.807, 2.05) is 27.7 Å². The maximum Gasteiger partial charge on any atom is 0.163 e. The lowest BCUT2D eigenvalue weighted by Crippen LogP contribution is -2.53. The highest BCUT2D eigenvalue weighted by Crippen LogP contribution is 2.19. The third-order valence-electron chi connectivity index (χ3n) is 3.85. The number of rotatable bonds is 6. The van der Waals surface area contributed by atoms with Crippen molar-refractivity contribution in [2.75, 3.05) is 39.6 Å². The number of hydrogen-bond acceptors (Lipinski definition) is 6. The predicted molar refractivity (Wildman–Crippen MR) is 82.7 cm³/mol. The fraction of sp³-hybridized carbons (Fsp3) is 1.00. The van der Waals surface area contributed by atoms with Crippen molar-refractivity contribution in [3.63, 3.8) is 0 Å². The Morgan fingerprint density at radius 1 is 0.955 bits per heavy atom. The molecule has 2 rings (SSSR count). The molecule has 0 saturated carbocycles. The number of nitrogens with one attached hydrogen (secondary N) is 1. The smallest absolute Gasteiger partial charge is 0.163 e. The van der Waals surface area contributed by atoms with Gasteiger partial charge < -0.3 is 23.7 Å². The molecule has 0 amide bonds. The zero-order chi connectivity index (χ0) is 16.2. The van der Waals surface area contributed by atoms with Crippen molar-refractivity contribution in [3.05, 3.63) is 0 Å². The summed E-state index contributed by atoms with van der Waals surface area (Å²) in [5.41, 5.74) is -0.247. The molecular weight excluding hydrogens is 286 g/mol. The van der Waals surface area contributed by atoms with E-state index in [0.29, 0.717) is 39.0 Å². The molecule has 2 fully saturated rings. The molecule has 6 nitrogen and oxygen atoms in total. The second-order valence-electron chi connectivity index (χ2n) is 7.24. The lowest BCUT2D eigenvalue weighted by molar-refractivity contribution is -0.280. The van der Waals surface area contributed by atoms with Crippen LogP contribution in [0.1, 0.15) is 34.6 Å². The normalized spacial score (nSPS) is 30.1. The Hall–Kier alpha value is -0.240. The van der Waals surface area contributed by atoms with Gasteiger partial charge in [0.05, 0.1) is 39.1 Å². The van der Waals surface area contributed by atoms with E-state index in [1.165, 1.54) is 0 Å². The fourth-order valence-corrected chi connectivity index (χ4v) is 2.30. The summed E-state index contributed by atoms with van der Waals surface area (Å²) in [4.78, 5) is 0. The highest BCUT2D eigenvalue weighted by molar-refractivity contribution is 4.76. The second-order valence-corrected chi connectivity index (χ2v) is 7.24. The van der Waals surface area contributed by atoms with Gasteiger partial charge in [-0.25, -0.2) is 0 Å². The Bertz CT molecular complexity index is 295. The summed E-state index contributed by atoms with van der Waals surface area (Å²) in [5.74, 6) is -0.166. The van der Waals surface area contributed by atoms with Crippen molar-refractivity contribution in [1.29, 1.82) is 0 Å². The van der Waals surface area contributed by atoms with Crippen LogP contribution in [0.15, 0.2) is 0 Å². The topological polar surface area (TPSA) is 58.2 Å². The van der Waals surface area contributed by atoms with E-state index in [-0.39, 0.29) is 17.9 Å². The first-order valence-electron chi connectivity index (χ1n) is 8.16. The molecule has 1 N–H and O–H groups in total. The molecule has 2 unspecified atom stereocenters. The van der Waals surface area contributed by atoms with E-state index in [4.69, 9.17) is 23.7 Å². The number of ether oxygens (including phenoxy) is 5. The lowest BCUT2D eigenvalue weighted by atomic mass is 10.2. The largest absolute Gasteiger partial charge is 0.374 e. The van der Waals surface area contributed by atoms with Gasteiger partial charge in [-0.05, 0) is 27.7 Å². The molecular formula is C16H31NO5. The molecule has 0 aromatic rings. The first-order valence-corrected chi connectivity index (χ1v) is 8.16. The average Bonchev–Trinajstić information content (AvgIpc) is 2.45. The van der Waals surface area contributed by atoms with Gasteiger partial charge >= 0.3 is 0 Å². The van der Waals surface area contributed by atoms with Crippen LogP contribution in [0.25, 0.3) is 0 Å². The van der Waals surface area contributed by atoms with Crippen LogP contribution in [-0.4, -0.2) is 63.3 Å². The number of hydrogen-bond donors (Lipinski definition) is 1. The Kier molecular flexibility index (Phi) is 6.22. The summed E-state index contributed by atoms with van der Waals surface area (Å²) in [6.45, 7) is 13.9. The average molecular weight is 317 g/mol. The van der Waals surface area contributed by atoms with E-state index < -0.39 is 5.79 Å². The SMILES string of the molecule is CC(COC1CNC(C)(C)OC1)COC1COC(C)(C)OC1. The third-order valence-corrected chi connectivity index (χ3v) is 3.85. The van der Waals surface area contributed by atoms with Crippen LogP contribution >= 0.6 is 0 Å². The molecule has 22 heavy (non-hydrogen) atoms. The van der Waals surface area contributed by atoms with Gasteiger partial charge in [-0.2, -0.15) is 0 Å². The van der Waals surface area contributed by atoms with E-state index in [2.05, 4.69) is 12.2 Å². The molecule has 0 radical (unpaired) electrons. The van der Waals surface area contributed by atoms with Gasteiger partial charge in [0.1, 0.15) is 11.8 Å². The van der Waals surface area contributed by atoms with Gasteiger partial charge in [-0.15, -0.1) is 0 Å². The minimum absolute atomic E-state index is 0.0101. The summed E-state index contributed by atoms with van der Waals surface area (Å²) in [6.07, 6.45) is 0.119. The van der Waals surface area contributed by atoms with Crippen LogP contribution in [0.3, 0.4) is 0 Å². The zero-order valence-corrected chi connectivity index (χ0v) is 14.5. The molecule has 0 aromatic heterocycles. The van der Waals surface area contributed by atoms with Crippen molar-refractivity contribution in [3.8, 4) is 0 Å². The summed E-state index contributed by atoms with van der Waals surface area (Å²) >= 11 is 0. The standard InChI is InChI=1S/C16H31NO5/c1-12(7-18-13-6-17-15(2,3)20-9-13)8-19-14-10-21-16(4,5)22-11-14/h12-14,17H,6-11H2,1-5H3. The fourth-order valence-electron chi connectivity index (χ4n) is 2.30. The van der Waals surface area contributed by atoms with Crippen LogP contribution in [0.2, 0.25) is 0 Å². The first-order chi connectivity index (χ1) is 10.3. The molecule has 130 valence electrons. The summed E-state index contributed by atoms with van der Waals surface area (Å²) < 4.78 is 28.6. The molecule has 6 heteroatoms. The molecule has 2 atom stereocenters. The molecule has 0 aliphatic carbocycles. The van der Waals surface area contributed by atoms with Crippen LogP contribution < -0.4 is 5.32 Å². The highest BCUT2D eigenvalue weighted by Gasteiger charge is 2.29. The molecule has 0 spiro atoms. The lowest BCUT2D eigenvalue weighted by Gasteiger charge is -2.36. The highest BCUT2D eigenvalue weighted by atomic mass is 16.7. The monoisotopic (exact) mass is 317 g/mol. The second kappa shape index (κ2) is 7.55. The molecule has 2 aliphatic rings. The maximum absolute atomic E-state index is 5.88. The molecule has 0 bridgehead atoms. The van der Waals surface area contributed by atoms with Crippen LogP contribution in [0.5, 0.6) is 0 Å². The summed E-state index contributed by atoms with van der Waals surface area (Å²) in [5, 5.41) is 3.31. The van der Waals surface area contributed by atoms with Gasteiger partial charge in [0, 0.05) is 12.5 Å². The quantitative estimate of drug-likeness (QED) is 0.802. The van der Waals surface area contributed by atoms with E-state index in [9.17, 15) is 0 Å². The van der Waals surface area contributed by atoms with Gasteiger partial charge in [-0.1, -0.05) is 6.92 Å². The van der Waals surface area contributed by atoms with E-state index >= 15 is 0 Å². The minimum Gasteiger partial charge on any atom is -0.374 e. The molecule has 0 aromatic carbocycles. The molecule has 2 heterocycles. The maximum atomic E-state index is 5.88. The molecule has 2 aliphatic heterocycles. The van der Waals surface area contributed by atoms with Gasteiger partial charge in [0.15, 0.2) is 5.79 Å². The van der Waals surface area contributed by atoms with E-state index in [1.54, 1.807) is 0 Å². The Morgan fingerprint density at radius 2 is 1.50 bits per heavy atom. The van der Waals surface area contributed by atoms with Crippen molar-refractivity contribution in [2.45, 2.75) is 58.3 Å². The Morgan fingerprint density at radius 3 is 2.05 bits per heavy atom. The first kappa shape index (κ1) is 18.1. The summed E-state index contributed by atoms with van der Waals surface area (Å²) in [7, 11) is 0. The third kappa shape index (κ3) is 6.10. The van der Waals surface area contributed by atoms with Crippen molar-refractivity contribution >= 4 is 0 Å². The van der Waals surface area contributed by atoms with Crippen LogP contribution in [0, 0.1) is 5.92 Å². The van der Waals surface area contributed by atoms with Gasteiger partial charge in [-0.3, -0.25) is 5.32 Å². The molecule has 2 saturated heterocycles. The van der Waals surface area contributed by atoms with Crippen LogP contribution in [-0.2, 0) is 23.7 Å².